The standard InChI is InChI=1S/C15H30N2O2S2/c1-3-21(18,19)15-11-20-8-7-17(15)14(10-16)13-6-4-5-12(2)9-13/h12-15H,3-11,16H2,1-2H3. The fourth-order valence-corrected chi connectivity index (χ4v) is 6.98. The predicted octanol–water partition coefficient (Wildman–Crippen LogP) is 1.95. The van der Waals surface area contributed by atoms with E-state index in [1.807, 2.05) is 0 Å². The minimum Gasteiger partial charge on any atom is -0.329 e. The third-order valence-corrected chi connectivity index (χ3v) is 8.43. The minimum absolute atomic E-state index is 0.229. The van der Waals surface area contributed by atoms with Crippen LogP contribution < -0.4 is 5.73 Å². The van der Waals surface area contributed by atoms with Crippen LogP contribution in [0.2, 0.25) is 0 Å². The molecule has 0 aromatic heterocycles. The van der Waals surface area contributed by atoms with E-state index in [-0.39, 0.29) is 17.2 Å². The number of sulfone groups is 1. The first kappa shape index (κ1) is 17.6. The molecule has 0 aromatic carbocycles. The molecule has 0 aromatic rings. The molecule has 4 unspecified atom stereocenters. The molecule has 124 valence electrons. The van der Waals surface area contributed by atoms with Gasteiger partial charge in [-0.05, 0) is 24.7 Å². The number of nitrogens with two attached hydrogens (primary N) is 1. The maximum Gasteiger partial charge on any atom is 0.166 e. The Morgan fingerprint density at radius 2 is 2.14 bits per heavy atom. The Hall–Kier alpha value is 0.220. The molecule has 2 fully saturated rings. The van der Waals surface area contributed by atoms with Gasteiger partial charge < -0.3 is 5.73 Å². The lowest BCUT2D eigenvalue weighted by Crippen LogP contribution is -2.57. The van der Waals surface area contributed by atoms with Gasteiger partial charge in [0, 0.05) is 36.4 Å². The minimum atomic E-state index is -3.03. The first-order valence-electron chi connectivity index (χ1n) is 8.24. The highest BCUT2D eigenvalue weighted by Gasteiger charge is 2.39. The average Bonchev–Trinajstić information content (AvgIpc) is 2.48. The van der Waals surface area contributed by atoms with Gasteiger partial charge in [0.2, 0.25) is 0 Å². The van der Waals surface area contributed by atoms with E-state index in [1.54, 1.807) is 18.7 Å². The first-order valence-corrected chi connectivity index (χ1v) is 11.1. The van der Waals surface area contributed by atoms with Gasteiger partial charge >= 0.3 is 0 Å². The molecule has 2 rings (SSSR count). The van der Waals surface area contributed by atoms with Crippen LogP contribution in [0.4, 0.5) is 0 Å². The molecule has 1 heterocycles. The lowest BCUT2D eigenvalue weighted by molar-refractivity contribution is 0.104. The second-order valence-electron chi connectivity index (χ2n) is 6.55. The van der Waals surface area contributed by atoms with Crippen molar-refractivity contribution in [2.45, 2.75) is 50.9 Å². The number of hydrogen-bond donors (Lipinski definition) is 1. The molecule has 1 saturated carbocycles. The third-order valence-electron chi connectivity index (χ3n) is 5.13. The summed E-state index contributed by atoms with van der Waals surface area (Å²) in [5.74, 6) is 3.27. The van der Waals surface area contributed by atoms with Crippen LogP contribution in [-0.2, 0) is 9.84 Å². The van der Waals surface area contributed by atoms with Crippen LogP contribution in [0.1, 0.15) is 39.5 Å². The van der Waals surface area contributed by atoms with E-state index in [4.69, 9.17) is 5.73 Å². The molecule has 6 heteroatoms. The van der Waals surface area contributed by atoms with Crippen molar-refractivity contribution in [1.82, 2.24) is 4.90 Å². The highest BCUT2D eigenvalue weighted by Crippen LogP contribution is 2.35. The monoisotopic (exact) mass is 334 g/mol. The third kappa shape index (κ3) is 4.15. The number of nitrogens with zero attached hydrogens (tertiary/aromatic N) is 1. The molecule has 2 aliphatic rings. The van der Waals surface area contributed by atoms with Crippen molar-refractivity contribution in [2.75, 3.05) is 30.3 Å². The van der Waals surface area contributed by atoms with E-state index in [0.29, 0.717) is 18.2 Å². The fourth-order valence-electron chi connectivity index (χ4n) is 3.90. The van der Waals surface area contributed by atoms with Gasteiger partial charge in [0.25, 0.3) is 0 Å². The second-order valence-corrected chi connectivity index (χ2v) is 10.2. The lowest BCUT2D eigenvalue weighted by atomic mass is 9.78. The normalized spacial score (nSPS) is 33.8. The highest BCUT2D eigenvalue weighted by molar-refractivity contribution is 8.01. The molecule has 4 atom stereocenters. The molecule has 0 radical (unpaired) electrons. The molecule has 4 nitrogen and oxygen atoms in total. The van der Waals surface area contributed by atoms with Gasteiger partial charge in [-0.2, -0.15) is 11.8 Å². The summed E-state index contributed by atoms with van der Waals surface area (Å²) >= 11 is 1.76. The Labute approximate surface area is 134 Å². The first-order chi connectivity index (χ1) is 9.99. The molecule has 1 saturated heterocycles. The molecule has 21 heavy (non-hydrogen) atoms. The summed E-state index contributed by atoms with van der Waals surface area (Å²) < 4.78 is 24.9. The maximum absolute atomic E-state index is 12.4. The Morgan fingerprint density at radius 1 is 1.38 bits per heavy atom. The van der Waals surface area contributed by atoms with Crippen LogP contribution in [0, 0.1) is 11.8 Å². The van der Waals surface area contributed by atoms with Gasteiger partial charge in [-0.3, -0.25) is 4.90 Å². The largest absolute Gasteiger partial charge is 0.329 e. The molecular weight excluding hydrogens is 304 g/mol. The summed E-state index contributed by atoms with van der Waals surface area (Å²) in [5, 5.41) is -0.327. The Balaban J connectivity index is 2.17. The Morgan fingerprint density at radius 3 is 2.76 bits per heavy atom. The second kappa shape index (κ2) is 7.66. The van der Waals surface area contributed by atoms with E-state index in [0.717, 1.165) is 18.2 Å². The zero-order valence-electron chi connectivity index (χ0n) is 13.3. The van der Waals surface area contributed by atoms with Crippen molar-refractivity contribution in [2.24, 2.45) is 17.6 Å². The van der Waals surface area contributed by atoms with E-state index in [1.165, 1.54) is 25.7 Å². The summed E-state index contributed by atoms with van der Waals surface area (Å²) in [6.45, 7) is 5.51. The SMILES string of the molecule is CCS(=O)(=O)C1CSCCN1C(CN)C1CCCC(C)C1. The van der Waals surface area contributed by atoms with Crippen molar-refractivity contribution >= 4 is 21.6 Å². The van der Waals surface area contributed by atoms with E-state index in [9.17, 15) is 8.42 Å². The smallest absolute Gasteiger partial charge is 0.166 e. The van der Waals surface area contributed by atoms with E-state index >= 15 is 0 Å². The zero-order chi connectivity index (χ0) is 15.5. The number of thioether (sulfide) groups is 1. The van der Waals surface area contributed by atoms with Crippen LogP contribution in [-0.4, -0.2) is 55.1 Å². The fraction of sp³-hybridized carbons (Fsp3) is 1.00. The Kier molecular flexibility index (Phi) is 6.41. The molecule has 0 amide bonds. The van der Waals surface area contributed by atoms with Crippen molar-refractivity contribution in [1.29, 1.82) is 0 Å². The highest BCUT2D eigenvalue weighted by atomic mass is 32.2. The molecule has 2 N–H and O–H groups in total. The summed E-state index contributed by atoms with van der Waals surface area (Å²) in [5.41, 5.74) is 6.08. The molecule has 0 bridgehead atoms. The summed E-state index contributed by atoms with van der Waals surface area (Å²) in [4.78, 5) is 2.23. The number of hydrogen-bond acceptors (Lipinski definition) is 5. The number of rotatable bonds is 5. The van der Waals surface area contributed by atoms with Crippen molar-refractivity contribution in [3.05, 3.63) is 0 Å². The molecule has 0 spiro atoms. The average molecular weight is 335 g/mol. The van der Waals surface area contributed by atoms with Gasteiger partial charge in [0.1, 0.15) is 5.37 Å². The van der Waals surface area contributed by atoms with Crippen LogP contribution >= 0.6 is 11.8 Å². The van der Waals surface area contributed by atoms with E-state index < -0.39 is 9.84 Å². The maximum atomic E-state index is 12.4. The summed E-state index contributed by atoms with van der Waals surface area (Å²) in [6, 6.07) is 0.236. The van der Waals surface area contributed by atoms with Crippen molar-refractivity contribution < 1.29 is 8.42 Å². The summed E-state index contributed by atoms with van der Waals surface area (Å²) in [7, 11) is -3.03. The summed E-state index contributed by atoms with van der Waals surface area (Å²) in [6.07, 6.45) is 4.97. The lowest BCUT2D eigenvalue weighted by Gasteiger charge is -2.44. The van der Waals surface area contributed by atoms with Gasteiger partial charge in [-0.25, -0.2) is 8.42 Å². The molecule has 1 aliphatic heterocycles. The van der Waals surface area contributed by atoms with Crippen LogP contribution in [0.25, 0.3) is 0 Å². The van der Waals surface area contributed by atoms with Gasteiger partial charge in [-0.15, -0.1) is 0 Å². The van der Waals surface area contributed by atoms with Crippen molar-refractivity contribution in [3.63, 3.8) is 0 Å². The predicted molar refractivity (Wildman–Crippen MR) is 91.2 cm³/mol. The Bertz CT molecular complexity index is 427. The topological polar surface area (TPSA) is 63.4 Å². The molecule has 1 aliphatic carbocycles. The van der Waals surface area contributed by atoms with Crippen LogP contribution in [0.15, 0.2) is 0 Å². The quantitative estimate of drug-likeness (QED) is 0.832. The molecular formula is C15H30N2O2S2. The van der Waals surface area contributed by atoms with Crippen LogP contribution in [0.3, 0.4) is 0 Å². The van der Waals surface area contributed by atoms with Crippen LogP contribution in [0.5, 0.6) is 0 Å². The van der Waals surface area contributed by atoms with Gasteiger partial charge in [0.05, 0.1) is 0 Å². The van der Waals surface area contributed by atoms with Gasteiger partial charge in [0.15, 0.2) is 9.84 Å². The zero-order valence-corrected chi connectivity index (χ0v) is 15.0. The van der Waals surface area contributed by atoms with Crippen molar-refractivity contribution in [3.8, 4) is 0 Å². The van der Waals surface area contributed by atoms with E-state index in [2.05, 4.69) is 11.8 Å². The van der Waals surface area contributed by atoms with Gasteiger partial charge in [-0.1, -0.05) is 26.7 Å².